The van der Waals surface area contributed by atoms with Crippen LogP contribution in [0.15, 0.2) is 59.5 Å². The minimum absolute atomic E-state index is 0.158. The van der Waals surface area contributed by atoms with E-state index in [4.69, 9.17) is 9.84 Å². The maximum atomic E-state index is 13.2. The second kappa shape index (κ2) is 12.1. The number of sulfone groups is 1. The molecule has 0 fully saturated rings. The molecule has 0 saturated heterocycles. The van der Waals surface area contributed by atoms with Gasteiger partial charge in [0.05, 0.1) is 23.7 Å². The first kappa shape index (κ1) is 30.4. The predicted octanol–water partition coefficient (Wildman–Crippen LogP) is 4.26. The molecule has 0 saturated carbocycles. The third-order valence-electron chi connectivity index (χ3n) is 7.05. The molecule has 3 N–H and O–H groups in total. The Balaban J connectivity index is 0.000000291. The monoisotopic (exact) mass is 592 g/mol. The van der Waals surface area contributed by atoms with Crippen LogP contribution in [0.2, 0.25) is 0 Å². The maximum absolute atomic E-state index is 13.2. The van der Waals surface area contributed by atoms with Crippen LogP contribution in [-0.4, -0.2) is 56.2 Å². The Bertz CT molecular complexity index is 1540. The van der Waals surface area contributed by atoms with E-state index in [1.165, 1.54) is 16.2 Å². The number of hydrogen-bond donors (Lipinski definition) is 3. The van der Waals surface area contributed by atoms with Gasteiger partial charge in [0.2, 0.25) is 0 Å². The fraction of sp³-hybridized carbons (Fsp3) is 0.345. The van der Waals surface area contributed by atoms with Gasteiger partial charge in [-0.15, -0.1) is 0 Å². The predicted molar refractivity (Wildman–Crippen MR) is 148 cm³/mol. The van der Waals surface area contributed by atoms with Gasteiger partial charge in [0.25, 0.3) is 5.91 Å². The van der Waals surface area contributed by atoms with E-state index in [1.807, 2.05) is 12.1 Å². The van der Waals surface area contributed by atoms with E-state index in [1.54, 1.807) is 18.2 Å². The molecule has 41 heavy (non-hydrogen) atoms. The third-order valence-corrected chi connectivity index (χ3v) is 8.16. The molecule has 2 aliphatic heterocycles. The number of hydrogen-bond acceptors (Lipinski definition) is 7. The van der Waals surface area contributed by atoms with Gasteiger partial charge < -0.3 is 25.2 Å². The average Bonchev–Trinajstić information content (AvgIpc) is 3.59. The molecular weight excluding hydrogens is 561 g/mol. The number of nitrogens with zero attached hydrogens (tertiary/aromatic N) is 1. The quantitative estimate of drug-likeness (QED) is 0.392. The zero-order valence-corrected chi connectivity index (χ0v) is 23.3. The van der Waals surface area contributed by atoms with Crippen molar-refractivity contribution in [2.24, 2.45) is 0 Å². The number of halogens is 3. The van der Waals surface area contributed by atoms with Crippen LogP contribution in [0.3, 0.4) is 0 Å². The molecule has 12 heteroatoms. The van der Waals surface area contributed by atoms with Crippen molar-refractivity contribution in [2.75, 3.05) is 29.6 Å². The molecule has 2 aliphatic rings. The molecule has 0 aliphatic carbocycles. The fourth-order valence-corrected chi connectivity index (χ4v) is 5.49. The van der Waals surface area contributed by atoms with Crippen molar-refractivity contribution < 1.29 is 41.3 Å². The molecular formula is C29H31F3N2O6S. The first-order valence-electron chi connectivity index (χ1n) is 12.9. The molecule has 0 bridgehead atoms. The van der Waals surface area contributed by atoms with E-state index >= 15 is 0 Å². The summed E-state index contributed by atoms with van der Waals surface area (Å²) in [5, 5.41) is 21.7. The van der Waals surface area contributed by atoms with Crippen molar-refractivity contribution in [3.05, 3.63) is 82.4 Å². The number of nitrogens with one attached hydrogen (secondary N) is 1. The average molecular weight is 593 g/mol. The second-order valence-electron chi connectivity index (χ2n) is 9.79. The molecule has 0 radical (unpaired) electrons. The number of fused-ring (bicyclic) bond motifs is 2. The minimum atomic E-state index is -4.66. The van der Waals surface area contributed by atoms with Crippen molar-refractivity contribution >= 4 is 27.1 Å². The lowest BCUT2D eigenvalue weighted by atomic mass is 10.1. The van der Waals surface area contributed by atoms with Gasteiger partial charge in [-0.25, -0.2) is 8.42 Å². The number of amides is 1. The van der Waals surface area contributed by atoms with Gasteiger partial charge in [0.15, 0.2) is 15.9 Å². The number of rotatable bonds is 6. The van der Waals surface area contributed by atoms with Gasteiger partial charge in [-0.2, -0.15) is 13.2 Å². The summed E-state index contributed by atoms with van der Waals surface area (Å²) in [6, 6.07) is 14.3. The molecule has 1 amide bonds. The molecule has 0 unspecified atom stereocenters. The standard InChI is InChI=1S/C20H20F3NO5S.C9H11NO/c1-12(20(21,22)23)29-18-7-6-14(30(2,27)28)10-16(18)19(26)24-9-8-15-13(11-25)4-3-5-17(15)24;11-6-7-2-1-3-9-8(7)4-5-10-9/h3-7,10,12,25H,8-9,11H2,1-2H3;1-3,10-11H,4-6H2/t12-;/m0./s1. The Morgan fingerprint density at radius 2 is 1.68 bits per heavy atom. The fourth-order valence-electron chi connectivity index (χ4n) is 4.84. The lowest BCUT2D eigenvalue weighted by molar-refractivity contribution is -0.189. The Morgan fingerprint density at radius 1 is 1.02 bits per heavy atom. The maximum Gasteiger partial charge on any atom is 0.425 e. The van der Waals surface area contributed by atoms with E-state index < -0.39 is 28.0 Å². The molecule has 5 rings (SSSR count). The van der Waals surface area contributed by atoms with Crippen molar-refractivity contribution in [3.8, 4) is 5.75 Å². The zero-order valence-electron chi connectivity index (χ0n) is 22.5. The van der Waals surface area contributed by atoms with Crippen LogP contribution in [0.25, 0.3) is 0 Å². The number of carbonyl (C=O) groups excluding carboxylic acids is 1. The van der Waals surface area contributed by atoms with Gasteiger partial charge in [0, 0.05) is 30.7 Å². The molecule has 2 heterocycles. The van der Waals surface area contributed by atoms with Crippen LogP contribution in [0, 0.1) is 0 Å². The van der Waals surface area contributed by atoms with Crippen LogP contribution in [0.5, 0.6) is 5.75 Å². The lowest BCUT2D eigenvalue weighted by Gasteiger charge is -2.23. The first-order chi connectivity index (χ1) is 19.3. The molecule has 8 nitrogen and oxygen atoms in total. The zero-order chi connectivity index (χ0) is 29.9. The molecule has 0 spiro atoms. The number of carbonyl (C=O) groups is 1. The number of aliphatic hydroxyl groups is 2. The van der Waals surface area contributed by atoms with E-state index in [0.717, 1.165) is 55.5 Å². The highest BCUT2D eigenvalue weighted by Crippen LogP contribution is 2.35. The van der Waals surface area contributed by atoms with Crippen LogP contribution < -0.4 is 15.0 Å². The molecule has 220 valence electrons. The summed E-state index contributed by atoms with van der Waals surface area (Å²) in [5.74, 6) is -1.04. The second-order valence-corrected chi connectivity index (χ2v) is 11.8. The van der Waals surface area contributed by atoms with Gasteiger partial charge in [-0.3, -0.25) is 4.79 Å². The Labute approximate surface area is 236 Å². The molecule has 0 aromatic heterocycles. The summed E-state index contributed by atoms with van der Waals surface area (Å²) in [6.07, 6.45) is -4.41. The summed E-state index contributed by atoms with van der Waals surface area (Å²) in [6.45, 7) is 1.99. The first-order valence-corrected chi connectivity index (χ1v) is 14.8. The van der Waals surface area contributed by atoms with E-state index in [-0.39, 0.29) is 36.0 Å². The van der Waals surface area contributed by atoms with Gasteiger partial charge >= 0.3 is 6.18 Å². The Morgan fingerprint density at radius 3 is 2.32 bits per heavy atom. The van der Waals surface area contributed by atoms with Gasteiger partial charge in [-0.05, 0) is 72.4 Å². The molecule has 3 aromatic carbocycles. The topological polar surface area (TPSA) is 116 Å². The van der Waals surface area contributed by atoms with Crippen molar-refractivity contribution in [1.29, 1.82) is 0 Å². The number of alkyl halides is 3. The SMILES string of the molecule is C[C@H](Oc1ccc(S(C)(=O)=O)cc1C(=O)N1CCc2c(CO)cccc21)C(F)(F)F.OCc1cccc2c1CCN2. The number of anilines is 2. The van der Waals surface area contributed by atoms with Crippen LogP contribution in [-0.2, 0) is 35.9 Å². The van der Waals surface area contributed by atoms with Crippen molar-refractivity contribution in [3.63, 3.8) is 0 Å². The van der Waals surface area contributed by atoms with Gasteiger partial charge in [-0.1, -0.05) is 24.3 Å². The number of benzene rings is 3. The summed E-state index contributed by atoms with van der Waals surface area (Å²) in [5.41, 5.74) is 5.19. The highest BCUT2D eigenvalue weighted by molar-refractivity contribution is 7.90. The smallest absolute Gasteiger partial charge is 0.425 e. The van der Waals surface area contributed by atoms with Gasteiger partial charge in [0.1, 0.15) is 5.75 Å². The van der Waals surface area contributed by atoms with Crippen LogP contribution >= 0.6 is 0 Å². The lowest BCUT2D eigenvalue weighted by Crippen LogP contribution is -2.33. The Hall–Kier alpha value is -3.61. The largest absolute Gasteiger partial charge is 0.480 e. The molecule has 1 atom stereocenters. The summed E-state index contributed by atoms with van der Waals surface area (Å²) in [4.78, 5) is 14.4. The normalized spacial score (nSPS) is 14.9. The summed E-state index contributed by atoms with van der Waals surface area (Å²) in [7, 11) is -3.71. The van der Waals surface area contributed by atoms with Crippen LogP contribution in [0.4, 0.5) is 24.5 Å². The number of ether oxygens (including phenoxy) is 1. The van der Waals surface area contributed by atoms with E-state index in [2.05, 4.69) is 11.4 Å². The third kappa shape index (κ3) is 6.66. The highest BCUT2D eigenvalue weighted by Gasteiger charge is 2.39. The Kier molecular flexibility index (Phi) is 8.95. The van der Waals surface area contributed by atoms with Crippen LogP contribution in [0.1, 0.15) is 39.5 Å². The molecule has 3 aromatic rings. The summed E-state index contributed by atoms with van der Waals surface area (Å²) >= 11 is 0. The number of aliphatic hydroxyl groups excluding tert-OH is 2. The highest BCUT2D eigenvalue weighted by atomic mass is 32.2. The summed E-state index contributed by atoms with van der Waals surface area (Å²) < 4.78 is 67.8. The van der Waals surface area contributed by atoms with E-state index in [9.17, 15) is 31.5 Å². The van der Waals surface area contributed by atoms with E-state index in [0.29, 0.717) is 17.7 Å². The van der Waals surface area contributed by atoms with Crippen molar-refractivity contribution in [2.45, 2.75) is 50.2 Å². The van der Waals surface area contributed by atoms with Crippen molar-refractivity contribution in [1.82, 2.24) is 0 Å². The minimum Gasteiger partial charge on any atom is -0.480 e.